The van der Waals surface area contributed by atoms with E-state index >= 15 is 0 Å². The van der Waals surface area contributed by atoms with Gasteiger partial charge in [-0.3, -0.25) is 14.5 Å². The number of carbonyl (C=O) groups excluding carboxylic acids is 2. The number of rotatable bonds is 5. The molecular formula is C20H23N3O3. The zero-order chi connectivity index (χ0) is 18.7. The summed E-state index contributed by atoms with van der Waals surface area (Å²) >= 11 is 0. The number of para-hydroxylation sites is 2. The lowest BCUT2D eigenvalue weighted by atomic mass is 9.96. The van der Waals surface area contributed by atoms with Crippen molar-refractivity contribution >= 4 is 28.9 Å². The van der Waals surface area contributed by atoms with Gasteiger partial charge in [-0.05, 0) is 57.2 Å². The molecule has 2 amide bonds. The van der Waals surface area contributed by atoms with Crippen molar-refractivity contribution in [3.05, 3.63) is 48.5 Å². The van der Waals surface area contributed by atoms with Crippen molar-refractivity contribution in [1.29, 1.82) is 0 Å². The molecule has 0 saturated heterocycles. The minimum absolute atomic E-state index is 0.0824. The SMILES string of the molecule is CCOc1ccc(NCC(=O)N2c3ccccc3NC(=O)C2(C)C)cc1. The molecular weight excluding hydrogens is 330 g/mol. The molecule has 2 aromatic carbocycles. The molecule has 2 N–H and O–H groups in total. The minimum atomic E-state index is -0.966. The number of fused-ring (bicyclic) bond motifs is 1. The van der Waals surface area contributed by atoms with Crippen LogP contribution in [0.25, 0.3) is 0 Å². The predicted molar refractivity (Wildman–Crippen MR) is 103 cm³/mol. The number of anilines is 3. The van der Waals surface area contributed by atoms with E-state index in [1.165, 1.54) is 0 Å². The van der Waals surface area contributed by atoms with Gasteiger partial charge in [-0.15, -0.1) is 0 Å². The number of hydrogen-bond donors (Lipinski definition) is 2. The van der Waals surface area contributed by atoms with Crippen LogP contribution in [0.4, 0.5) is 17.1 Å². The van der Waals surface area contributed by atoms with E-state index in [2.05, 4.69) is 10.6 Å². The summed E-state index contributed by atoms with van der Waals surface area (Å²) in [6.45, 7) is 6.11. The standard InChI is InChI=1S/C20H23N3O3/c1-4-26-15-11-9-14(10-12-15)21-13-18(24)23-17-8-6-5-7-16(17)22-19(25)20(23,2)3/h5-12,21H,4,13H2,1-3H3,(H,22,25). The fourth-order valence-corrected chi connectivity index (χ4v) is 2.99. The Morgan fingerprint density at radius 3 is 2.54 bits per heavy atom. The third-order valence-electron chi connectivity index (χ3n) is 4.37. The molecule has 0 bridgehead atoms. The maximum absolute atomic E-state index is 12.9. The Hall–Kier alpha value is -3.02. The molecule has 6 nitrogen and oxygen atoms in total. The normalized spacial score (nSPS) is 15.0. The van der Waals surface area contributed by atoms with E-state index in [4.69, 9.17) is 4.74 Å². The Balaban J connectivity index is 1.77. The molecule has 0 fully saturated rings. The molecule has 0 aliphatic carbocycles. The van der Waals surface area contributed by atoms with Crippen molar-refractivity contribution in [3.63, 3.8) is 0 Å². The van der Waals surface area contributed by atoms with E-state index in [1.54, 1.807) is 24.8 Å². The van der Waals surface area contributed by atoms with E-state index in [-0.39, 0.29) is 18.4 Å². The van der Waals surface area contributed by atoms with Crippen LogP contribution in [0, 0.1) is 0 Å². The molecule has 26 heavy (non-hydrogen) atoms. The number of benzene rings is 2. The van der Waals surface area contributed by atoms with Gasteiger partial charge in [-0.1, -0.05) is 12.1 Å². The Labute approximate surface area is 153 Å². The lowest BCUT2D eigenvalue weighted by Crippen LogP contribution is -2.59. The van der Waals surface area contributed by atoms with Gasteiger partial charge in [-0.2, -0.15) is 0 Å². The molecule has 1 aliphatic rings. The molecule has 0 aromatic heterocycles. The van der Waals surface area contributed by atoms with E-state index in [0.29, 0.717) is 18.0 Å². The van der Waals surface area contributed by atoms with Gasteiger partial charge < -0.3 is 15.4 Å². The number of amides is 2. The number of nitrogens with zero attached hydrogens (tertiary/aromatic N) is 1. The van der Waals surface area contributed by atoms with E-state index in [9.17, 15) is 9.59 Å². The smallest absolute Gasteiger partial charge is 0.250 e. The van der Waals surface area contributed by atoms with Crippen molar-refractivity contribution in [2.45, 2.75) is 26.3 Å². The molecule has 0 atom stereocenters. The van der Waals surface area contributed by atoms with E-state index in [0.717, 1.165) is 11.4 Å². The Bertz CT molecular complexity index is 815. The highest BCUT2D eigenvalue weighted by Crippen LogP contribution is 2.36. The van der Waals surface area contributed by atoms with Crippen LogP contribution in [0.15, 0.2) is 48.5 Å². The summed E-state index contributed by atoms with van der Waals surface area (Å²) in [7, 11) is 0. The first kappa shape index (κ1) is 17.8. The second kappa shape index (κ2) is 7.07. The average molecular weight is 353 g/mol. The van der Waals surface area contributed by atoms with Gasteiger partial charge in [-0.25, -0.2) is 0 Å². The molecule has 1 heterocycles. The van der Waals surface area contributed by atoms with Gasteiger partial charge in [0, 0.05) is 5.69 Å². The Kier molecular flexibility index (Phi) is 4.84. The van der Waals surface area contributed by atoms with E-state index in [1.807, 2.05) is 49.4 Å². The van der Waals surface area contributed by atoms with Crippen LogP contribution < -0.4 is 20.3 Å². The molecule has 0 saturated carbocycles. The van der Waals surface area contributed by atoms with Gasteiger partial charge >= 0.3 is 0 Å². The molecule has 0 unspecified atom stereocenters. The highest BCUT2D eigenvalue weighted by Gasteiger charge is 2.43. The summed E-state index contributed by atoms with van der Waals surface area (Å²) < 4.78 is 5.41. The number of nitrogens with one attached hydrogen (secondary N) is 2. The van der Waals surface area contributed by atoms with Crippen molar-refractivity contribution in [2.24, 2.45) is 0 Å². The van der Waals surface area contributed by atoms with Crippen LogP contribution in [0.5, 0.6) is 5.75 Å². The number of ether oxygens (including phenoxy) is 1. The Morgan fingerprint density at radius 2 is 1.85 bits per heavy atom. The van der Waals surface area contributed by atoms with Crippen LogP contribution in [0.2, 0.25) is 0 Å². The second-order valence-electron chi connectivity index (χ2n) is 6.57. The van der Waals surface area contributed by atoms with Crippen molar-refractivity contribution in [2.75, 3.05) is 28.7 Å². The third kappa shape index (κ3) is 3.35. The predicted octanol–water partition coefficient (Wildman–Crippen LogP) is 3.26. The van der Waals surface area contributed by atoms with Crippen molar-refractivity contribution in [1.82, 2.24) is 0 Å². The fraction of sp³-hybridized carbons (Fsp3) is 0.300. The number of carbonyl (C=O) groups is 2. The first-order chi connectivity index (χ1) is 12.4. The zero-order valence-electron chi connectivity index (χ0n) is 15.2. The molecule has 0 spiro atoms. The minimum Gasteiger partial charge on any atom is -0.494 e. The maximum atomic E-state index is 12.9. The largest absolute Gasteiger partial charge is 0.494 e. The molecule has 0 radical (unpaired) electrons. The molecule has 3 rings (SSSR count). The van der Waals surface area contributed by atoms with Gasteiger partial charge in [0.15, 0.2) is 0 Å². The average Bonchev–Trinajstić information content (AvgIpc) is 2.62. The monoisotopic (exact) mass is 353 g/mol. The van der Waals surface area contributed by atoms with Crippen LogP contribution in [-0.2, 0) is 9.59 Å². The summed E-state index contributed by atoms with van der Waals surface area (Å²) in [5, 5.41) is 5.98. The second-order valence-corrected chi connectivity index (χ2v) is 6.57. The first-order valence-electron chi connectivity index (χ1n) is 8.63. The maximum Gasteiger partial charge on any atom is 0.250 e. The summed E-state index contributed by atoms with van der Waals surface area (Å²) in [5.41, 5.74) is 1.20. The third-order valence-corrected chi connectivity index (χ3v) is 4.37. The fourth-order valence-electron chi connectivity index (χ4n) is 2.99. The first-order valence-corrected chi connectivity index (χ1v) is 8.63. The topological polar surface area (TPSA) is 70.7 Å². The highest BCUT2D eigenvalue weighted by atomic mass is 16.5. The Morgan fingerprint density at radius 1 is 1.15 bits per heavy atom. The van der Waals surface area contributed by atoms with Gasteiger partial charge in [0.05, 0.1) is 24.5 Å². The zero-order valence-corrected chi connectivity index (χ0v) is 15.2. The lowest BCUT2D eigenvalue weighted by molar-refractivity contribution is -0.125. The molecule has 136 valence electrons. The number of hydrogen-bond acceptors (Lipinski definition) is 4. The molecule has 2 aromatic rings. The van der Waals surface area contributed by atoms with E-state index < -0.39 is 5.54 Å². The summed E-state index contributed by atoms with van der Waals surface area (Å²) in [6.07, 6.45) is 0. The van der Waals surface area contributed by atoms with Gasteiger partial charge in [0.1, 0.15) is 11.3 Å². The van der Waals surface area contributed by atoms with Crippen LogP contribution in [0.1, 0.15) is 20.8 Å². The van der Waals surface area contributed by atoms with Gasteiger partial charge in [0.25, 0.3) is 0 Å². The van der Waals surface area contributed by atoms with Crippen LogP contribution in [0.3, 0.4) is 0 Å². The highest BCUT2D eigenvalue weighted by molar-refractivity contribution is 6.14. The van der Waals surface area contributed by atoms with Crippen LogP contribution in [-0.4, -0.2) is 30.5 Å². The molecule has 6 heteroatoms. The van der Waals surface area contributed by atoms with Crippen molar-refractivity contribution < 1.29 is 14.3 Å². The summed E-state index contributed by atoms with van der Waals surface area (Å²) in [6, 6.07) is 14.7. The van der Waals surface area contributed by atoms with Crippen molar-refractivity contribution in [3.8, 4) is 5.75 Å². The summed E-state index contributed by atoms with van der Waals surface area (Å²) in [5.74, 6) is 0.406. The molecule has 1 aliphatic heterocycles. The summed E-state index contributed by atoms with van der Waals surface area (Å²) in [4.78, 5) is 26.9. The quantitative estimate of drug-likeness (QED) is 0.866. The van der Waals surface area contributed by atoms with Gasteiger partial charge in [0.2, 0.25) is 11.8 Å². The van der Waals surface area contributed by atoms with Crippen LogP contribution >= 0.6 is 0 Å². The lowest BCUT2D eigenvalue weighted by Gasteiger charge is -2.42.